The van der Waals surface area contributed by atoms with Crippen molar-refractivity contribution in [3.05, 3.63) is 264 Å². The number of aryl methyl sites for hydroxylation is 15. The van der Waals surface area contributed by atoms with Crippen LogP contribution < -0.4 is 22.8 Å². The standard InChI is InChI=1S/2C22H28N.C21H28N.2C19H22N/c2*1-14-7-8-16(15(2)11-14)20-12-17-18-9-10-22(5,21(18,3)4)19(17)13-23(20)6;1-14-8-9-16(15(2)10-14)19-11-17-18(12-22(19)7)21(5,6)13-20(17,3)4;2*1-12-4-7-16(13(2)8-12)19-10-17-14-5-6-15(9-14)18(17)11-20(19)3/h2*7-8,11-13,18H,9-10H2,1-6H3;8-12H,13H2,1-7H3;2*4,7-8,10-11,14-15H,5-6,9H2,1-3H3/q5*+1/i18D;;;14D,15D;. The first-order valence-corrected chi connectivity index (χ1v) is 41.0. The van der Waals surface area contributed by atoms with Crippen LogP contribution in [-0.4, -0.2) is 0 Å². The molecule has 9 aliphatic rings. The number of aromatic nitrogens is 5. The number of rotatable bonds is 5. The zero-order chi connectivity index (χ0) is 79.9. The van der Waals surface area contributed by atoms with E-state index in [9.17, 15) is 1.37 Å². The molecule has 560 valence electrons. The van der Waals surface area contributed by atoms with Gasteiger partial charge >= 0.3 is 0 Å². The van der Waals surface area contributed by atoms with Crippen molar-refractivity contribution in [1.82, 2.24) is 0 Å². The summed E-state index contributed by atoms with van der Waals surface area (Å²) in [6, 6.07) is 45.4. The molecule has 5 aromatic heterocycles. The summed E-state index contributed by atoms with van der Waals surface area (Å²) < 4.78 is 38.1. The van der Waals surface area contributed by atoms with Gasteiger partial charge in [0.05, 0.1) is 0 Å². The minimum Gasteiger partial charge on any atom is -0.201 e. The van der Waals surface area contributed by atoms with Gasteiger partial charge in [-0.1, -0.05) is 158 Å². The first-order valence-electron chi connectivity index (χ1n) is 42.5. The van der Waals surface area contributed by atoms with Crippen molar-refractivity contribution in [3.63, 3.8) is 0 Å². The Labute approximate surface area is 655 Å². The van der Waals surface area contributed by atoms with Gasteiger partial charge in [0.25, 0.3) is 0 Å². The Morgan fingerprint density at radius 1 is 0.306 bits per heavy atom. The zero-order valence-corrected chi connectivity index (χ0v) is 70.7. The smallest absolute Gasteiger partial charge is 0.201 e. The van der Waals surface area contributed by atoms with E-state index in [0.717, 1.165) is 54.3 Å². The van der Waals surface area contributed by atoms with Crippen LogP contribution in [0.3, 0.4) is 0 Å². The Morgan fingerprint density at radius 3 is 1.10 bits per heavy atom. The third-order valence-electron chi connectivity index (χ3n) is 29.5. The molecule has 5 heterocycles. The molecule has 0 N–H and O–H groups in total. The van der Waals surface area contributed by atoms with E-state index in [-0.39, 0.29) is 21.7 Å². The molecule has 0 radical (unpaired) electrons. The molecule has 5 heteroatoms. The number of fused-ring (bicyclic) bond motifs is 21. The van der Waals surface area contributed by atoms with Crippen LogP contribution >= 0.6 is 0 Å². The Kier molecular flexibility index (Phi) is 17.9. The van der Waals surface area contributed by atoms with E-state index in [4.69, 9.17) is 2.74 Å². The summed E-state index contributed by atoms with van der Waals surface area (Å²) >= 11 is 0. The van der Waals surface area contributed by atoms with Crippen LogP contribution in [0.2, 0.25) is 0 Å². The highest BCUT2D eigenvalue weighted by molar-refractivity contribution is 5.69. The van der Waals surface area contributed by atoms with Gasteiger partial charge in [-0.15, -0.1) is 0 Å². The van der Waals surface area contributed by atoms with Crippen LogP contribution in [0, 0.1) is 80.1 Å². The van der Waals surface area contributed by atoms with Crippen molar-refractivity contribution >= 4 is 0 Å². The normalized spacial score (nSPS) is 26.4. The average Bonchev–Trinajstić information content (AvgIpc) is 1.50. The lowest BCUT2D eigenvalue weighted by atomic mass is 9.69. The molecule has 10 aromatic rings. The van der Waals surface area contributed by atoms with Crippen LogP contribution in [0.1, 0.15) is 291 Å². The second-order valence-electron chi connectivity index (χ2n) is 38.3. The fraction of sp³-hybridized carbons (Fsp3) is 0.466. The molecule has 0 saturated heterocycles. The molecule has 0 aliphatic heterocycles. The van der Waals surface area contributed by atoms with Gasteiger partial charge in [0.15, 0.2) is 31.0 Å². The second kappa shape index (κ2) is 27.1. The van der Waals surface area contributed by atoms with Crippen molar-refractivity contribution in [2.24, 2.45) is 46.1 Å². The summed E-state index contributed by atoms with van der Waals surface area (Å²) in [7, 11) is 10.8. The third-order valence-corrected chi connectivity index (χ3v) is 29.5. The Hall–Kier alpha value is -8.15. The average molecular weight is 1440 g/mol. The topological polar surface area (TPSA) is 19.4 Å². The summed E-state index contributed by atoms with van der Waals surface area (Å²) in [6.07, 6.45) is 24.1. The predicted octanol–water partition coefficient (Wildman–Crippen LogP) is 23.0. The zero-order valence-electron chi connectivity index (χ0n) is 73.7. The maximum absolute atomic E-state index is 9.29. The van der Waals surface area contributed by atoms with Crippen molar-refractivity contribution in [2.45, 2.75) is 266 Å². The van der Waals surface area contributed by atoms with Gasteiger partial charge in [-0.25, -0.2) is 22.8 Å². The fourth-order valence-corrected chi connectivity index (χ4v) is 22.8. The number of hydrogen-bond donors (Lipinski definition) is 0. The van der Waals surface area contributed by atoms with Gasteiger partial charge < -0.3 is 0 Å². The molecule has 0 amide bonds. The summed E-state index contributed by atoms with van der Waals surface area (Å²) in [5, 5.41) is 0. The van der Waals surface area contributed by atoms with Gasteiger partial charge in [-0.3, -0.25) is 0 Å². The molecule has 5 aromatic carbocycles. The molecule has 8 unspecified atom stereocenters. The lowest BCUT2D eigenvalue weighted by Crippen LogP contribution is -2.36. The van der Waals surface area contributed by atoms with Crippen molar-refractivity contribution in [3.8, 4) is 56.3 Å². The fourth-order valence-electron chi connectivity index (χ4n) is 22.8. The van der Waals surface area contributed by atoms with Crippen LogP contribution in [-0.2, 0) is 56.9 Å². The summed E-state index contributed by atoms with van der Waals surface area (Å²) in [6.45, 7) is 45.6. The van der Waals surface area contributed by atoms with E-state index >= 15 is 0 Å². The molecule has 5 nitrogen and oxygen atoms in total. The van der Waals surface area contributed by atoms with E-state index in [0.29, 0.717) is 23.2 Å². The number of pyridine rings is 5. The van der Waals surface area contributed by atoms with Crippen LogP contribution in [0.15, 0.2) is 152 Å². The highest BCUT2D eigenvalue weighted by atomic mass is 15.0. The predicted molar refractivity (Wildman–Crippen MR) is 448 cm³/mol. The van der Waals surface area contributed by atoms with Crippen LogP contribution in [0.25, 0.3) is 56.3 Å². The maximum Gasteiger partial charge on any atom is 0.212 e. The van der Waals surface area contributed by atoms with E-state index in [1.807, 2.05) is 0 Å². The van der Waals surface area contributed by atoms with E-state index in [2.05, 4.69) is 349 Å². The van der Waals surface area contributed by atoms with E-state index in [1.165, 1.54) is 167 Å². The first kappa shape index (κ1) is 71.5. The van der Waals surface area contributed by atoms with Crippen LogP contribution in [0.4, 0.5) is 0 Å². The number of nitrogens with zero attached hydrogens (tertiary/aromatic N) is 5. The molecule has 4 saturated carbocycles. The largest absolute Gasteiger partial charge is 0.212 e. The maximum atomic E-state index is 9.29. The molecule has 8 atom stereocenters. The van der Waals surface area contributed by atoms with Crippen molar-refractivity contribution in [1.29, 1.82) is 0 Å². The molecule has 4 fully saturated rings. The Bertz CT molecular complexity index is 5400. The van der Waals surface area contributed by atoms with E-state index < -0.39 is 17.7 Å². The molecule has 8 bridgehead atoms. The summed E-state index contributed by atoms with van der Waals surface area (Å²) in [4.78, 5) is 0. The summed E-state index contributed by atoms with van der Waals surface area (Å²) in [5.41, 5.74) is 41.9. The van der Waals surface area contributed by atoms with E-state index in [1.54, 1.807) is 22.3 Å². The third kappa shape index (κ3) is 12.5. The van der Waals surface area contributed by atoms with Gasteiger partial charge in [-0.2, -0.15) is 0 Å². The van der Waals surface area contributed by atoms with Gasteiger partial charge in [0, 0.05) is 101 Å². The highest BCUT2D eigenvalue weighted by Crippen LogP contribution is 2.69. The van der Waals surface area contributed by atoms with Gasteiger partial charge in [0.2, 0.25) is 28.5 Å². The lowest BCUT2D eigenvalue weighted by Gasteiger charge is -2.34. The van der Waals surface area contributed by atoms with Gasteiger partial charge in [0.1, 0.15) is 35.2 Å². The quantitative estimate of drug-likeness (QED) is 0.153. The van der Waals surface area contributed by atoms with Gasteiger partial charge in [-0.05, 0) is 283 Å². The molecular weight excluding hydrogens is 1310 g/mol. The minimum atomic E-state index is -0.543. The monoisotopic (exact) mass is 1440 g/mol. The number of hydrogen-bond acceptors (Lipinski definition) is 0. The molecule has 108 heavy (non-hydrogen) atoms. The second-order valence-corrected chi connectivity index (χ2v) is 38.3. The SMILES string of the molecule is Cc1ccc(-c2cc3c(c[n+]2C)C(C)(C)CC3(C)C)c(C)c1.Cc1ccc(-c2cc3c(c[n+]2C)C2(C)CCC3C2(C)C)c(C)c1.Cc1ccc(-c2cc3c(c[n+]2C)C2CCC3C2)c(C)c1.[2H]C12CCC(C)(c3c[n+](C)c(-c4ccc(C)cc4C)cc31)C2(C)C.[2H]C12CCC([2H])(C1)c1c[n+](C)c(-c3ccc(C)cc3C)cc12. The molecule has 9 aliphatic carbocycles. The Morgan fingerprint density at radius 2 is 0.648 bits per heavy atom. The first-order chi connectivity index (χ1) is 51.9. The lowest BCUT2D eigenvalue weighted by molar-refractivity contribution is -0.661. The number of benzene rings is 5. The Balaban J connectivity index is 0.000000110. The van der Waals surface area contributed by atoms with Crippen molar-refractivity contribution < 1.29 is 26.9 Å². The highest BCUT2D eigenvalue weighted by Gasteiger charge is 2.62. The van der Waals surface area contributed by atoms with Crippen molar-refractivity contribution in [2.75, 3.05) is 0 Å². The van der Waals surface area contributed by atoms with Crippen LogP contribution in [0.5, 0.6) is 0 Å². The molecule has 0 spiro atoms. The summed E-state index contributed by atoms with van der Waals surface area (Å²) in [5.74, 6) is 0.857. The minimum absolute atomic E-state index is 0.0176. The molecule has 19 rings (SSSR count). The molecular formula is C103H128N5+5.